The number of pyridine rings is 1. The number of rotatable bonds is 6. The molecule has 1 unspecified atom stereocenters. The summed E-state index contributed by atoms with van der Waals surface area (Å²) in [4.78, 5) is 33.2. The summed E-state index contributed by atoms with van der Waals surface area (Å²) < 4.78 is 39.9. The smallest absolute Gasteiger partial charge is 0.302 e. The van der Waals surface area contributed by atoms with Gasteiger partial charge in [-0.25, -0.2) is 9.48 Å². The van der Waals surface area contributed by atoms with Crippen molar-refractivity contribution in [2.24, 2.45) is 5.92 Å². The van der Waals surface area contributed by atoms with Crippen molar-refractivity contribution < 1.29 is 13.2 Å². The van der Waals surface area contributed by atoms with Crippen molar-refractivity contribution in [1.82, 2.24) is 24.6 Å². The molecule has 3 aromatic rings. The summed E-state index contributed by atoms with van der Waals surface area (Å²) in [5, 5.41) is 4.28. The van der Waals surface area contributed by atoms with E-state index in [4.69, 9.17) is 0 Å². The van der Waals surface area contributed by atoms with Gasteiger partial charge in [-0.2, -0.15) is 18.3 Å². The standard InChI is InChI=1S/C24H24F3N5O2/c1-15-11-16(7-8-28-15)20-21(33)29-22(34)32(30-20)10-2-9-31-13-19-12-23(19,14-31)17-3-5-18(6-4-17)24(25,26)27/h3-8,11,19H,2,9-10,12-14H2,1H3,(H,29,33,34)/t19?,23-/m1/s1. The minimum atomic E-state index is -4.33. The number of hydrogen-bond acceptors (Lipinski definition) is 5. The molecule has 0 amide bonds. The molecule has 2 fully saturated rings. The van der Waals surface area contributed by atoms with Crippen molar-refractivity contribution >= 4 is 0 Å². The van der Waals surface area contributed by atoms with Crippen LogP contribution in [0.1, 0.15) is 29.7 Å². The van der Waals surface area contributed by atoms with Crippen LogP contribution < -0.4 is 11.2 Å². The van der Waals surface area contributed by atoms with Crippen molar-refractivity contribution in [3.63, 3.8) is 0 Å². The zero-order valence-electron chi connectivity index (χ0n) is 18.6. The average Bonchev–Trinajstić information content (AvgIpc) is 3.36. The summed E-state index contributed by atoms with van der Waals surface area (Å²) in [6.07, 6.45) is -1.09. The third-order valence-corrected chi connectivity index (χ3v) is 6.91. The Bertz CT molecular complexity index is 1330. The molecular weight excluding hydrogens is 447 g/mol. The van der Waals surface area contributed by atoms with E-state index in [9.17, 15) is 22.8 Å². The van der Waals surface area contributed by atoms with Crippen molar-refractivity contribution in [3.05, 3.63) is 80.3 Å². The van der Waals surface area contributed by atoms with Gasteiger partial charge in [0, 0.05) is 42.5 Å². The van der Waals surface area contributed by atoms with Gasteiger partial charge in [0.15, 0.2) is 5.69 Å². The summed E-state index contributed by atoms with van der Waals surface area (Å²) in [6, 6.07) is 8.97. The second-order valence-corrected chi connectivity index (χ2v) is 9.24. The fourth-order valence-corrected chi connectivity index (χ4v) is 5.10. The Labute approximate surface area is 193 Å². The van der Waals surface area contributed by atoms with Crippen LogP contribution in [0.5, 0.6) is 0 Å². The maximum atomic E-state index is 12.9. The molecule has 10 heteroatoms. The summed E-state index contributed by atoms with van der Waals surface area (Å²) in [7, 11) is 0. The van der Waals surface area contributed by atoms with Gasteiger partial charge in [0.1, 0.15) is 0 Å². The van der Waals surface area contributed by atoms with Gasteiger partial charge < -0.3 is 4.90 Å². The first-order chi connectivity index (χ1) is 16.2. The minimum Gasteiger partial charge on any atom is -0.302 e. The highest BCUT2D eigenvalue weighted by Crippen LogP contribution is 2.59. The molecule has 2 atom stereocenters. The molecule has 1 saturated heterocycles. The number of alkyl halides is 3. The number of benzene rings is 1. The Kier molecular flexibility index (Phi) is 5.43. The molecule has 0 radical (unpaired) electrons. The second kappa shape index (κ2) is 8.19. The number of H-pyrrole nitrogens is 1. The lowest BCUT2D eigenvalue weighted by atomic mass is 9.94. The molecule has 7 nitrogen and oxygen atoms in total. The molecule has 34 heavy (non-hydrogen) atoms. The van der Waals surface area contributed by atoms with Gasteiger partial charge in [0.25, 0.3) is 5.56 Å². The average molecular weight is 471 g/mol. The molecule has 0 bridgehead atoms. The van der Waals surface area contributed by atoms with Gasteiger partial charge in [-0.1, -0.05) is 12.1 Å². The maximum absolute atomic E-state index is 12.9. The molecule has 1 saturated carbocycles. The number of aryl methyl sites for hydroxylation is 2. The molecule has 3 heterocycles. The lowest BCUT2D eigenvalue weighted by Gasteiger charge is -2.21. The van der Waals surface area contributed by atoms with E-state index in [0.717, 1.165) is 49.4 Å². The Morgan fingerprint density at radius 1 is 1.15 bits per heavy atom. The van der Waals surface area contributed by atoms with Gasteiger partial charge in [-0.05, 0) is 62.1 Å². The van der Waals surface area contributed by atoms with Crippen molar-refractivity contribution in [2.45, 2.75) is 37.9 Å². The van der Waals surface area contributed by atoms with Gasteiger partial charge >= 0.3 is 11.9 Å². The normalized spacial score (nSPS) is 22.1. The van der Waals surface area contributed by atoms with Crippen molar-refractivity contribution in [3.8, 4) is 11.3 Å². The first kappa shape index (κ1) is 22.5. The minimum absolute atomic E-state index is 0.0659. The maximum Gasteiger partial charge on any atom is 0.416 e. The van der Waals surface area contributed by atoms with E-state index in [-0.39, 0.29) is 11.1 Å². The Balaban J connectivity index is 1.23. The highest BCUT2D eigenvalue weighted by Gasteiger charge is 2.60. The third kappa shape index (κ3) is 4.18. The second-order valence-electron chi connectivity index (χ2n) is 9.24. The van der Waals surface area contributed by atoms with Crippen LogP contribution in [-0.2, 0) is 18.1 Å². The number of likely N-dealkylation sites (tertiary alicyclic amines) is 1. The lowest BCUT2D eigenvalue weighted by molar-refractivity contribution is -0.137. The first-order valence-electron chi connectivity index (χ1n) is 11.2. The fraction of sp³-hybridized carbons (Fsp3) is 0.417. The van der Waals surface area contributed by atoms with E-state index in [1.54, 1.807) is 30.5 Å². The van der Waals surface area contributed by atoms with E-state index < -0.39 is 23.0 Å². The predicted molar refractivity (Wildman–Crippen MR) is 119 cm³/mol. The predicted octanol–water partition coefficient (Wildman–Crippen LogP) is 2.98. The van der Waals surface area contributed by atoms with Crippen LogP contribution in [-0.4, -0.2) is 44.3 Å². The third-order valence-electron chi connectivity index (χ3n) is 6.91. The molecule has 2 aliphatic rings. The number of aromatic nitrogens is 4. The highest BCUT2D eigenvalue weighted by molar-refractivity contribution is 5.57. The van der Waals surface area contributed by atoms with E-state index in [1.165, 1.54) is 4.68 Å². The monoisotopic (exact) mass is 471 g/mol. The van der Waals surface area contributed by atoms with Crippen LogP contribution in [0.2, 0.25) is 0 Å². The lowest BCUT2D eigenvalue weighted by Crippen LogP contribution is -2.35. The van der Waals surface area contributed by atoms with Gasteiger partial charge in [0.2, 0.25) is 0 Å². The van der Waals surface area contributed by atoms with Crippen LogP contribution in [0.15, 0.2) is 52.2 Å². The Morgan fingerprint density at radius 2 is 1.91 bits per heavy atom. The summed E-state index contributed by atoms with van der Waals surface area (Å²) in [6.45, 7) is 4.57. The molecule has 2 aromatic heterocycles. The number of hydrogen-bond donors (Lipinski definition) is 1. The molecule has 1 N–H and O–H groups in total. The first-order valence-corrected chi connectivity index (χ1v) is 11.2. The Morgan fingerprint density at radius 3 is 2.62 bits per heavy atom. The number of halogens is 3. The topological polar surface area (TPSA) is 83.9 Å². The number of piperidine rings is 1. The van der Waals surface area contributed by atoms with Crippen molar-refractivity contribution in [2.75, 3.05) is 19.6 Å². The Hall–Kier alpha value is -3.27. The number of nitrogens with one attached hydrogen (secondary N) is 1. The van der Waals surface area contributed by atoms with Crippen LogP contribution in [0.4, 0.5) is 13.2 Å². The zero-order chi connectivity index (χ0) is 24.1. The molecule has 1 aliphatic carbocycles. The quantitative estimate of drug-likeness (QED) is 0.598. The van der Waals surface area contributed by atoms with E-state index in [2.05, 4.69) is 20.0 Å². The summed E-state index contributed by atoms with van der Waals surface area (Å²) in [5.41, 5.74) is 0.697. The summed E-state index contributed by atoms with van der Waals surface area (Å²) in [5.74, 6) is 0.444. The van der Waals surface area contributed by atoms with Crippen molar-refractivity contribution in [1.29, 1.82) is 0 Å². The molecule has 1 aliphatic heterocycles. The largest absolute Gasteiger partial charge is 0.416 e. The van der Waals surface area contributed by atoms with Gasteiger partial charge in [-0.3, -0.25) is 14.8 Å². The van der Waals surface area contributed by atoms with Crippen LogP contribution >= 0.6 is 0 Å². The van der Waals surface area contributed by atoms with E-state index >= 15 is 0 Å². The van der Waals surface area contributed by atoms with Crippen LogP contribution in [0.25, 0.3) is 11.3 Å². The number of fused-ring (bicyclic) bond motifs is 1. The molecular formula is C24H24F3N5O2. The number of aromatic amines is 1. The van der Waals surface area contributed by atoms with Gasteiger partial charge in [0.05, 0.1) is 5.56 Å². The van der Waals surface area contributed by atoms with Crippen LogP contribution in [0.3, 0.4) is 0 Å². The molecule has 178 valence electrons. The molecule has 1 aromatic carbocycles. The summed E-state index contributed by atoms with van der Waals surface area (Å²) >= 11 is 0. The molecule has 5 rings (SSSR count). The fourth-order valence-electron chi connectivity index (χ4n) is 5.10. The van der Waals surface area contributed by atoms with Gasteiger partial charge in [-0.15, -0.1) is 0 Å². The number of nitrogens with zero attached hydrogens (tertiary/aromatic N) is 4. The zero-order valence-corrected chi connectivity index (χ0v) is 18.6. The molecule has 0 spiro atoms. The highest BCUT2D eigenvalue weighted by atomic mass is 19.4. The van der Waals surface area contributed by atoms with E-state index in [0.29, 0.717) is 24.4 Å². The van der Waals surface area contributed by atoms with Crippen LogP contribution in [0, 0.1) is 12.8 Å². The van der Waals surface area contributed by atoms with E-state index in [1.807, 2.05) is 6.92 Å². The SMILES string of the molecule is Cc1cc(-c2nn(CCCN3CC4C[C@]4(c4ccc(C(F)(F)F)cc4)C3)c(=O)[nH]c2=O)ccn1.